The summed E-state index contributed by atoms with van der Waals surface area (Å²) in [6.45, 7) is 6.80. The highest BCUT2D eigenvalue weighted by molar-refractivity contribution is 8.00. The molecular formula is C14H19N3S. The van der Waals surface area contributed by atoms with Crippen LogP contribution in [-0.4, -0.2) is 34.1 Å². The molecule has 0 saturated carbocycles. The third-order valence-corrected chi connectivity index (χ3v) is 5.05. The van der Waals surface area contributed by atoms with E-state index in [9.17, 15) is 0 Å². The molecule has 0 bridgehead atoms. The Morgan fingerprint density at radius 2 is 2.22 bits per heavy atom. The molecule has 0 amide bonds. The van der Waals surface area contributed by atoms with Gasteiger partial charge in [-0.15, -0.1) is 0 Å². The minimum absolute atomic E-state index is 0.715. The first-order chi connectivity index (χ1) is 8.74. The largest absolute Gasteiger partial charge is 0.340 e. The van der Waals surface area contributed by atoms with Gasteiger partial charge in [0, 0.05) is 24.1 Å². The van der Waals surface area contributed by atoms with Gasteiger partial charge < -0.3 is 9.88 Å². The van der Waals surface area contributed by atoms with Crippen LogP contribution in [0.2, 0.25) is 0 Å². The molecule has 0 aliphatic carbocycles. The fourth-order valence-corrected chi connectivity index (χ4v) is 3.66. The number of benzene rings is 1. The van der Waals surface area contributed by atoms with Crippen LogP contribution in [0.15, 0.2) is 24.3 Å². The third-order valence-electron chi connectivity index (χ3n) is 3.51. The van der Waals surface area contributed by atoms with Crippen LogP contribution in [0.5, 0.6) is 0 Å². The second-order valence-corrected chi connectivity index (χ2v) is 6.52. The number of imidazole rings is 1. The Balaban J connectivity index is 1.85. The molecule has 2 aromatic rings. The smallest absolute Gasteiger partial charge is 0.203 e. The van der Waals surface area contributed by atoms with E-state index in [1.54, 1.807) is 0 Å². The van der Waals surface area contributed by atoms with Gasteiger partial charge in [0.25, 0.3) is 0 Å². The second kappa shape index (κ2) is 4.84. The van der Waals surface area contributed by atoms with Gasteiger partial charge >= 0.3 is 0 Å². The van der Waals surface area contributed by atoms with Gasteiger partial charge in [0.05, 0.1) is 11.0 Å². The van der Waals surface area contributed by atoms with Crippen LogP contribution in [-0.2, 0) is 0 Å². The summed E-state index contributed by atoms with van der Waals surface area (Å²) in [6.07, 6.45) is 0. The molecule has 1 aliphatic rings. The van der Waals surface area contributed by atoms with Crippen molar-refractivity contribution in [1.82, 2.24) is 9.97 Å². The van der Waals surface area contributed by atoms with Crippen molar-refractivity contribution in [2.45, 2.75) is 19.1 Å². The predicted molar refractivity (Wildman–Crippen MR) is 79.4 cm³/mol. The molecule has 1 atom stereocenters. The van der Waals surface area contributed by atoms with Crippen molar-refractivity contribution >= 4 is 28.7 Å². The fraction of sp³-hybridized carbons (Fsp3) is 0.500. The second-order valence-electron chi connectivity index (χ2n) is 5.18. The van der Waals surface area contributed by atoms with Crippen molar-refractivity contribution < 1.29 is 0 Å². The molecule has 3 nitrogen and oxygen atoms in total. The van der Waals surface area contributed by atoms with Crippen molar-refractivity contribution in [2.24, 2.45) is 5.92 Å². The fourth-order valence-electron chi connectivity index (χ4n) is 2.36. The van der Waals surface area contributed by atoms with Crippen LogP contribution < -0.4 is 4.90 Å². The van der Waals surface area contributed by atoms with E-state index in [0.717, 1.165) is 36.0 Å². The molecule has 2 heterocycles. The van der Waals surface area contributed by atoms with Crippen LogP contribution in [0.1, 0.15) is 13.8 Å². The van der Waals surface area contributed by atoms with Crippen LogP contribution in [0.4, 0.5) is 5.95 Å². The summed E-state index contributed by atoms with van der Waals surface area (Å²) in [6, 6.07) is 8.24. The van der Waals surface area contributed by atoms with Gasteiger partial charge in [-0.2, -0.15) is 11.8 Å². The number of H-pyrrole nitrogens is 1. The van der Waals surface area contributed by atoms with Gasteiger partial charge in [0.2, 0.25) is 5.95 Å². The maximum absolute atomic E-state index is 4.69. The van der Waals surface area contributed by atoms with E-state index in [2.05, 4.69) is 47.6 Å². The average Bonchev–Trinajstić information content (AvgIpc) is 2.82. The lowest BCUT2D eigenvalue weighted by Crippen LogP contribution is -2.40. The van der Waals surface area contributed by atoms with Gasteiger partial charge in [-0.25, -0.2) is 4.98 Å². The summed E-state index contributed by atoms with van der Waals surface area (Å²) >= 11 is 2.09. The summed E-state index contributed by atoms with van der Waals surface area (Å²) in [5, 5.41) is 0.715. The quantitative estimate of drug-likeness (QED) is 0.901. The molecule has 1 aromatic carbocycles. The molecule has 18 heavy (non-hydrogen) atoms. The lowest BCUT2D eigenvalue weighted by Gasteiger charge is -2.34. The Labute approximate surface area is 112 Å². The molecular weight excluding hydrogens is 242 g/mol. The summed E-state index contributed by atoms with van der Waals surface area (Å²) < 4.78 is 0. The van der Waals surface area contributed by atoms with E-state index in [0.29, 0.717) is 5.25 Å². The number of rotatable bonds is 2. The van der Waals surface area contributed by atoms with Crippen molar-refractivity contribution in [1.29, 1.82) is 0 Å². The first kappa shape index (κ1) is 11.9. The van der Waals surface area contributed by atoms with E-state index in [4.69, 9.17) is 4.98 Å². The van der Waals surface area contributed by atoms with E-state index < -0.39 is 0 Å². The number of para-hydroxylation sites is 2. The minimum atomic E-state index is 0.715. The standard InChI is InChI=1S/C14H19N3S/c1-10(2)13-9-17(7-8-18-13)14-15-11-5-3-4-6-12(11)16-14/h3-6,10,13H,7-9H2,1-2H3,(H,15,16). The molecule has 1 N–H and O–H groups in total. The number of nitrogens with zero attached hydrogens (tertiary/aromatic N) is 2. The third kappa shape index (κ3) is 2.21. The van der Waals surface area contributed by atoms with E-state index in [1.165, 1.54) is 5.75 Å². The number of nitrogens with one attached hydrogen (secondary N) is 1. The molecule has 1 fully saturated rings. The summed E-state index contributed by atoms with van der Waals surface area (Å²) in [5.74, 6) is 2.95. The maximum Gasteiger partial charge on any atom is 0.203 e. The van der Waals surface area contributed by atoms with Crippen LogP contribution in [0, 0.1) is 5.92 Å². The topological polar surface area (TPSA) is 31.9 Å². The van der Waals surface area contributed by atoms with Crippen molar-refractivity contribution in [3.8, 4) is 0 Å². The zero-order chi connectivity index (χ0) is 12.5. The Morgan fingerprint density at radius 1 is 1.39 bits per heavy atom. The maximum atomic E-state index is 4.69. The number of aromatic nitrogens is 2. The molecule has 4 heteroatoms. The van der Waals surface area contributed by atoms with Crippen LogP contribution in [0.3, 0.4) is 0 Å². The molecule has 0 spiro atoms. The monoisotopic (exact) mass is 261 g/mol. The highest BCUT2D eigenvalue weighted by Gasteiger charge is 2.24. The molecule has 1 aliphatic heterocycles. The van der Waals surface area contributed by atoms with Gasteiger partial charge in [-0.1, -0.05) is 26.0 Å². The Kier molecular flexibility index (Phi) is 3.20. The average molecular weight is 261 g/mol. The highest BCUT2D eigenvalue weighted by Crippen LogP contribution is 2.27. The normalized spacial score (nSPS) is 20.8. The Morgan fingerprint density at radius 3 is 3.00 bits per heavy atom. The number of anilines is 1. The van der Waals surface area contributed by atoms with E-state index >= 15 is 0 Å². The molecule has 3 rings (SSSR count). The van der Waals surface area contributed by atoms with Crippen LogP contribution in [0.25, 0.3) is 11.0 Å². The van der Waals surface area contributed by atoms with Crippen LogP contribution >= 0.6 is 11.8 Å². The minimum Gasteiger partial charge on any atom is -0.340 e. The van der Waals surface area contributed by atoms with E-state index in [-0.39, 0.29) is 0 Å². The van der Waals surface area contributed by atoms with E-state index in [1.807, 2.05) is 12.1 Å². The van der Waals surface area contributed by atoms with Crippen molar-refractivity contribution in [3.05, 3.63) is 24.3 Å². The first-order valence-corrected chi connectivity index (χ1v) is 7.60. The molecule has 1 unspecified atom stereocenters. The molecule has 1 aromatic heterocycles. The van der Waals surface area contributed by atoms with Gasteiger partial charge in [0.15, 0.2) is 0 Å². The SMILES string of the molecule is CC(C)C1CN(c2nc3ccccc3[nH]2)CCS1. The Hall–Kier alpha value is -1.16. The zero-order valence-corrected chi connectivity index (χ0v) is 11.7. The van der Waals surface area contributed by atoms with Gasteiger partial charge in [0.1, 0.15) is 0 Å². The predicted octanol–water partition coefficient (Wildman–Crippen LogP) is 3.14. The summed E-state index contributed by atoms with van der Waals surface area (Å²) in [4.78, 5) is 10.5. The molecule has 96 valence electrons. The molecule has 1 saturated heterocycles. The lowest BCUT2D eigenvalue weighted by molar-refractivity contribution is 0.579. The molecule has 0 radical (unpaired) electrons. The number of fused-ring (bicyclic) bond motifs is 1. The number of thioether (sulfide) groups is 1. The van der Waals surface area contributed by atoms with Gasteiger partial charge in [-0.05, 0) is 18.1 Å². The first-order valence-electron chi connectivity index (χ1n) is 6.55. The highest BCUT2D eigenvalue weighted by atomic mass is 32.2. The van der Waals surface area contributed by atoms with Crippen molar-refractivity contribution in [2.75, 3.05) is 23.7 Å². The van der Waals surface area contributed by atoms with Crippen molar-refractivity contribution in [3.63, 3.8) is 0 Å². The lowest BCUT2D eigenvalue weighted by atomic mass is 10.1. The number of aromatic amines is 1. The summed E-state index contributed by atoms with van der Waals surface area (Å²) in [5.41, 5.74) is 2.19. The summed E-state index contributed by atoms with van der Waals surface area (Å²) in [7, 11) is 0. The number of hydrogen-bond donors (Lipinski definition) is 1. The number of hydrogen-bond acceptors (Lipinski definition) is 3. The van der Waals surface area contributed by atoms with Gasteiger partial charge in [-0.3, -0.25) is 0 Å². The zero-order valence-electron chi connectivity index (χ0n) is 10.9. The Bertz CT molecular complexity index is 502.